The third kappa shape index (κ3) is 3.85. The molecule has 0 aliphatic carbocycles. The molecule has 0 atom stereocenters. The zero-order valence-electron chi connectivity index (χ0n) is 12.7. The smallest absolute Gasteiger partial charge is 0.276 e. The van der Waals surface area contributed by atoms with Gasteiger partial charge in [-0.1, -0.05) is 29.8 Å². The van der Waals surface area contributed by atoms with Gasteiger partial charge in [0.1, 0.15) is 5.75 Å². The first-order chi connectivity index (χ1) is 10.4. The summed E-state index contributed by atoms with van der Waals surface area (Å²) in [7, 11) is -2.10. The van der Waals surface area contributed by atoms with Crippen LogP contribution in [0.4, 0.5) is 0 Å². The lowest BCUT2D eigenvalue weighted by Gasteiger charge is -2.07. The second-order valence-corrected chi connectivity index (χ2v) is 6.53. The van der Waals surface area contributed by atoms with Gasteiger partial charge in [0.05, 0.1) is 18.2 Å². The van der Waals surface area contributed by atoms with Crippen molar-refractivity contribution in [3.63, 3.8) is 0 Å². The number of benzene rings is 2. The van der Waals surface area contributed by atoms with E-state index in [4.69, 9.17) is 4.74 Å². The van der Waals surface area contributed by atoms with Gasteiger partial charge in [-0.25, -0.2) is 4.83 Å². The number of nitrogens with one attached hydrogen (secondary N) is 1. The Balaban J connectivity index is 2.17. The first-order valence-corrected chi connectivity index (χ1v) is 8.17. The molecule has 0 aliphatic heterocycles. The number of sulfonamides is 1. The summed E-state index contributed by atoms with van der Waals surface area (Å²) < 4.78 is 29.6. The molecule has 0 aliphatic rings. The third-order valence-corrected chi connectivity index (χ3v) is 4.48. The highest BCUT2D eigenvalue weighted by Gasteiger charge is 2.15. The van der Waals surface area contributed by atoms with Crippen LogP contribution in [-0.2, 0) is 10.0 Å². The van der Waals surface area contributed by atoms with Crippen LogP contribution in [0.1, 0.15) is 16.7 Å². The number of ether oxygens (including phenoxy) is 1. The minimum Gasteiger partial charge on any atom is -0.497 e. The Kier molecular flexibility index (Phi) is 4.82. The maximum absolute atomic E-state index is 12.2. The summed E-state index contributed by atoms with van der Waals surface area (Å²) in [4.78, 5) is 2.45. The summed E-state index contributed by atoms with van der Waals surface area (Å²) in [5.41, 5.74) is 2.43. The molecule has 2 aromatic carbocycles. The number of rotatable bonds is 5. The minimum absolute atomic E-state index is 0.223. The average Bonchev–Trinajstić information content (AvgIpc) is 2.47. The van der Waals surface area contributed by atoms with Crippen LogP contribution in [0.2, 0.25) is 0 Å². The van der Waals surface area contributed by atoms with Crippen LogP contribution < -0.4 is 9.57 Å². The van der Waals surface area contributed by atoms with Crippen LogP contribution in [0, 0.1) is 13.8 Å². The van der Waals surface area contributed by atoms with E-state index in [-0.39, 0.29) is 4.90 Å². The monoisotopic (exact) mass is 318 g/mol. The van der Waals surface area contributed by atoms with Crippen molar-refractivity contribution in [2.24, 2.45) is 5.10 Å². The van der Waals surface area contributed by atoms with Crippen molar-refractivity contribution in [3.8, 4) is 5.75 Å². The maximum Gasteiger partial charge on any atom is 0.276 e. The van der Waals surface area contributed by atoms with E-state index in [0.717, 1.165) is 11.1 Å². The zero-order chi connectivity index (χ0) is 16.2. The molecule has 0 heterocycles. The molecule has 5 nitrogen and oxygen atoms in total. The molecule has 0 aromatic heterocycles. The number of nitrogens with zero attached hydrogens (tertiary/aromatic N) is 1. The van der Waals surface area contributed by atoms with Crippen molar-refractivity contribution in [3.05, 3.63) is 59.2 Å². The molecule has 0 saturated carbocycles. The number of hydrazone groups is 1. The molecule has 2 aromatic rings. The van der Waals surface area contributed by atoms with Crippen LogP contribution in [0.5, 0.6) is 5.75 Å². The topological polar surface area (TPSA) is 67.8 Å². The van der Waals surface area contributed by atoms with Crippen LogP contribution in [0.15, 0.2) is 52.5 Å². The molecule has 0 unspecified atom stereocenters. The molecule has 0 fully saturated rings. The van der Waals surface area contributed by atoms with E-state index in [1.165, 1.54) is 6.21 Å². The molecule has 0 amide bonds. The summed E-state index contributed by atoms with van der Waals surface area (Å²) >= 11 is 0. The lowest BCUT2D eigenvalue weighted by Crippen LogP contribution is -2.19. The lowest BCUT2D eigenvalue weighted by atomic mass is 10.2. The Hall–Kier alpha value is -2.34. The number of hydrogen-bond acceptors (Lipinski definition) is 4. The van der Waals surface area contributed by atoms with Crippen LogP contribution in [0.3, 0.4) is 0 Å². The summed E-state index contributed by atoms with van der Waals surface area (Å²) in [6.07, 6.45) is 1.43. The SMILES string of the molecule is COc1cccc(/C=N/NS(=O)(=O)c2ccc(C)cc2C)c1. The van der Waals surface area contributed by atoms with E-state index in [1.54, 1.807) is 50.4 Å². The number of methoxy groups -OCH3 is 1. The van der Waals surface area contributed by atoms with Crippen molar-refractivity contribution in [1.82, 2.24) is 4.83 Å². The number of hydrogen-bond donors (Lipinski definition) is 1. The zero-order valence-corrected chi connectivity index (χ0v) is 13.5. The Labute approximate surface area is 130 Å². The van der Waals surface area contributed by atoms with Crippen LogP contribution >= 0.6 is 0 Å². The third-order valence-electron chi connectivity index (χ3n) is 3.10. The average molecular weight is 318 g/mol. The summed E-state index contributed by atoms with van der Waals surface area (Å²) in [6, 6.07) is 12.3. The van der Waals surface area contributed by atoms with Crippen molar-refractivity contribution in [2.75, 3.05) is 7.11 Å². The van der Waals surface area contributed by atoms with Crippen molar-refractivity contribution in [2.45, 2.75) is 18.7 Å². The van der Waals surface area contributed by atoms with Crippen LogP contribution in [-0.4, -0.2) is 21.7 Å². The number of aryl methyl sites for hydroxylation is 2. The van der Waals surface area contributed by atoms with Crippen molar-refractivity contribution < 1.29 is 13.2 Å². The van der Waals surface area contributed by atoms with E-state index in [0.29, 0.717) is 11.3 Å². The predicted molar refractivity (Wildman–Crippen MR) is 86.8 cm³/mol. The largest absolute Gasteiger partial charge is 0.497 e. The highest BCUT2D eigenvalue weighted by atomic mass is 32.2. The van der Waals surface area contributed by atoms with E-state index < -0.39 is 10.0 Å². The molecule has 116 valence electrons. The molecule has 1 N–H and O–H groups in total. The van der Waals surface area contributed by atoms with Gasteiger partial charge < -0.3 is 4.74 Å². The molecule has 2 rings (SSSR count). The predicted octanol–water partition coefficient (Wildman–Crippen LogP) is 2.62. The van der Waals surface area contributed by atoms with E-state index in [9.17, 15) is 8.42 Å². The first-order valence-electron chi connectivity index (χ1n) is 6.68. The molecule has 6 heteroatoms. The highest BCUT2D eigenvalue weighted by molar-refractivity contribution is 7.89. The minimum atomic E-state index is -3.67. The molecule has 0 bridgehead atoms. The van der Waals surface area contributed by atoms with Gasteiger partial charge in [-0.15, -0.1) is 0 Å². The molecule has 0 saturated heterocycles. The maximum atomic E-state index is 12.2. The Bertz CT molecular complexity index is 799. The van der Waals surface area contributed by atoms with Crippen molar-refractivity contribution >= 4 is 16.2 Å². The normalized spacial score (nSPS) is 11.6. The van der Waals surface area contributed by atoms with Gasteiger partial charge in [0, 0.05) is 0 Å². The van der Waals surface area contributed by atoms with E-state index in [2.05, 4.69) is 9.93 Å². The Morgan fingerprint density at radius 3 is 2.59 bits per heavy atom. The van der Waals surface area contributed by atoms with E-state index >= 15 is 0 Å². The van der Waals surface area contributed by atoms with Gasteiger partial charge in [0.2, 0.25) is 0 Å². The quantitative estimate of drug-likeness (QED) is 0.680. The van der Waals surface area contributed by atoms with Gasteiger partial charge in [-0.05, 0) is 43.2 Å². The first kappa shape index (κ1) is 16.0. The fourth-order valence-corrected chi connectivity index (χ4v) is 3.06. The summed E-state index contributed by atoms with van der Waals surface area (Å²) in [6.45, 7) is 3.67. The molecule has 0 spiro atoms. The van der Waals surface area contributed by atoms with E-state index in [1.807, 2.05) is 13.0 Å². The van der Waals surface area contributed by atoms with Gasteiger partial charge in [0.15, 0.2) is 0 Å². The van der Waals surface area contributed by atoms with Gasteiger partial charge in [-0.2, -0.15) is 13.5 Å². The molecular weight excluding hydrogens is 300 g/mol. The fourth-order valence-electron chi connectivity index (χ4n) is 2.04. The molecule has 0 radical (unpaired) electrons. The standard InChI is InChI=1S/C16H18N2O3S/c1-12-7-8-16(13(2)9-12)22(19,20)18-17-11-14-5-4-6-15(10-14)21-3/h4-11,18H,1-3H3/b17-11+. The van der Waals surface area contributed by atoms with Gasteiger partial charge >= 0.3 is 0 Å². The van der Waals surface area contributed by atoms with Crippen LogP contribution in [0.25, 0.3) is 0 Å². The Morgan fingerprint density at radius 1 is 1.14 bits per heavy atom. The highest BCUT2D eigenvalue weighted by Crippen LogP contribution is 2.16. The fraction of sp³-hybridized carbons (Fsp3) is 0.188. The van der Waals surface area contributed by atoms with Gasteiger partial charge in [0.25, 0.3) is 10.0 Å². The second kappa shape index (κ2) is 6.62. The molecule has 22 heavy (non-hydrogen) atoms. The Morgan fingerprint density at radius 2 is 1.91 bits per heavy atom. The van der Waals surface area contributed by atoms with Crippen molar-refractivity contribution in [1.29, 1.82) is 0 Å². The second-order valence-electron chi connectivity index (χ2n) is 4.90. The summed E-state index contributed by atoms with van der Waals surface area (Å²) in [5.74, 6) is 0.682. The molecular formula is C16H18N2O3S. The van der Waals surface area contributed by atoms with Gasteiger partial charge in [-0.3, -0.25) is 0 Å². The lowest BCUT2D eigenvalue weighted by molar-refractivity contribution is 0.415. The summed E-state index contributed by atoms with van der Waals surface area (Å²) in [5, 5.41) is 3.81.